The third-order valence-corrected chi connectivity index (χ3v) is 4.19. The molecule has 1 amide bonds. The SMILES string of the molecule is O=C(NCCc1ccccc1F)c1ccc(NCCc2ccccc2F)nn1. The van der Waals surface area contributed by atoms with E-state index in [1.807, 2.05) is 0 Å². The zero-order chi connectivity index (χ0) is 19.8. The first-order valence-corrected chi connectivity index (χ1v) is 8.96. The predicted molar refractivity (Wildman–Crippen MR) is 103 cm³/mol. The first kappa shape index (κ1) is 19.4. The Hall–Kier alpha value is -3.35. The molecule has 0 spiro atoms. The average molecular weight is 382 g/mol. The number of hydrogen-bond donors (Lipinski definition) is 2. The standard InChI is InChI=1S/C21H20F2N4O/c22-17-7-3-1-5-15(17)11-13-24-20-10-9-19(26-27-20)21(28)25-14-12-16-6-2-4-8-18(16)23/h1-10H,11-14H2,(H,24,27)(H,25,28). The topological polar surface area (TPSA) is 66.9 Å². The molecule has 2 aromatic carbocycles. The molecule has 1 heterocycles. The molecule has 2 N–H and O–H groups in total. The summed E-state index contributed by atoms with van der Waals surface area (Å²) in [6.07, 6.45) is 0.897. The van der Waals surface area contributed by atoms with Gasteiger partial charge in [-0.25, -0.2) is 8.78 Å². The van der Waals surface area contributed by atoms with Gasteiger partial charge in [0, 0.05) is 13.1 Å². The maximum absolute atomic E-state index is 13.6. The van der Waals surface area contributed by atoms with Gasteiger partial charge in [0.2, 0.25) is 0 Å². The minimum atomic E-state index is -0.373. The second-order valence-electron chi connectivity index (χ2n) is 6.17. The molecule has 5 nitrogen and oxygen atoms in total. The van der Waals surface area contributed by atoms with Crippen molar-refractivity contribution in [1.82, 2.24) is 15.5 Å². The summed E-state index contributed by atoms with van der Waals surface area (Å²) in [4.78, 5) is 12.1. The Bertz CT molecular complexity index is 932. The van der Waals surface area contributed by atoms with Gasteiger partial charge in [-0.05, 0) is 48.2 Å². The van der Waals surface area contributed by atoms with Crippen LogP contribution in [-0.2, 0) is 12.8 Å². The lowest BCUT2D eigenvalue weighted by Gasteiger charge is -2.07. The molecule has 144 valence electrons. The number of anilines is 1. The highest BCUT2D eigenvalue weighted by Gasteiger charge is 2.09. The molecule has 0 aliphatic heterocycles. The molecule has 3 aromatic rings. The van der Waals surface area contributed by atoms with Crippen LogP contribution in [0.4, 0.5) is 14.6 Å². The van der Waals surface area contributed by atoms with Crippen molar-refractivity contribution in [3.63, 3.8) is 0 Å². The normalized spacial score (nSPS) is 10.5. The van der Waals surface area contributed by atoms with Crippen molar-refractivity contribution in [2.75, 3.05) is 18.4 Å². The second kappa shape index (κ2) is 9.55. The molecule has 3 rings (SSSR count). The zero-order valence-corrected chi connectivity index (χ0v) is 15.2. The smallest absolute Gasteiger partial charge is 0.271 e. The van der Waals surface area contributed by atoms with Gasteiger partial charge in [0.25, 0.3) is 5.91 Å². The van der Waals surface area contributed by atoms with Crippen LogP contribution in [0.3, 0.4) is 0 Å². The van der Waals surface area contributed by atoms with Gasteiger partial charge in [-0.15, -0.1) is 10.2 Å². The Morgan fingerprint density at radius 3 is 1.96 bits per heavy atom. The van der Waals surface area contributed by atoms with Crippen LogP contribution in [0.1, 0.15) is 21.6 Å². The third kappa shape index (κ3) is 5.33. The number of amides is 1. The van der Waals surface area contributed by atoms with E-state index >= 15 is 0 Å². The van der Waals surface area contributed by atoms with Gasteiger partial charge >= 0.3 is 0 Å². The summed E-state index contributed by atoms with van der Waals surface area (Å²) in [5.74, 6) is -0.402. The van der Waals surface area contributed by atoms with E-state index in [4.69, 9.17) is 0 Å². The number of carbonyl (C=O) groups excluding carboxylic acids is 1. The monoisotopic (exact) mass is 382 g/mol. The summed E-state index contributed by atoms with van der Waals surface area (Å²) in [5, 5.41) is 13.6. The predicted octanol–water partition coefficient (Wildman–Crippen LogP) is 3.38. The Kier molecular flexibility index (Phi) is 6.62. The Morgan fingerprint density at radius 2 is 1.39 bits per heavy atom. The molecule has 0 bridgehead atoms. The number of hydrogen-bond acceptors (Lipinski definition) is 4. The molecule has 0 saturated heterocycles. The molecule has 28 heavy (non-hydrogen) atoms. The van der Waals surface area contributed by atoms with Crippen molar-refractivity contribution in [1.29, 1.82) is 0 Å². The maximum atomic E-state index is 13.6. The van der Waals surface area contributed by atoms with Crippen LogP contribution in [0.5, 0.6) is 0 Å². The number of rotatable bonds is 8. The summed E-state index contributed by atoms with van der Waals surface area (Å²) in [6.45, 7) is 0.786. The molecule has 1 aromatic heterocycles. The fourth-order valence-electron chi connectivity index (χ4n) is 2.68. The van der Waals surface area contributed by atoms with Crippen molar-refractivity contribution >= 4 is 11.7 Å². The number of nitrogens with zero attached hydrogens (tertiary/aromatic N) is 2. The molecule has 0 saturated carbocycles. The molecular formula is C21H20F2N4O. The van der Waals surface area contributed by atoms with Crippen LogP contribution in [-0.4, -0.2) is 29.2 Å². The van der Waals surface area contributed by atoms with Gasteiger partial charge in [-0.2, -0.15) is 0 Å². The summed E-state index contributed by atoms with van der Waals surface area (Å²) < 4.78 is 27.1. The van der Waals surface area contributed by atoms with Crippen LogP contribution in [0, 0.1) is 11.6 Å². The van der Waals surface area contributed by atoms with E-state index in [0.717, 1.165) is 0 Å². The van der Waals surface area contributed by atoms with Gasteiger partial charge in [-0.3, -0.25) is 4.79 Å². The number of halogens is 2. The van der Waals surface area contributed by atoms with Gasteiger partial charge in [0.05, 0.1) is 0 Å². The Balaban J connectivity index is 1.45. The number of nitrogens with one attached hydrogen (secondary N) is 2. The Labute approximate surface area is 161 Å². The highest BCUT2D eigenvalue weighted by molar-refractivity contribution is 5.92. The maximum Gasteiger partial charge on any atom is 0.271 e. The van der Waals surface area contributed by atoms with Crippen molar-refractivity contribution in [3.8, 4) is 0 Å². The van der Waals surface area contributed by atoms with Crippen LogP contribution in [0.15, 0.2) is 60.7 Å². The van der Waals surface area contributed by atoms with E-state index in [1.165, 1.54) is 12.1 Å². The molecule has 0 unspecified atom stereocenters. The fourth-order valence-corrected chi connectivity index (χ4v) is 2.68. The van der Waals surface area contributed by atoms with E-state index < -0.39 is 0 Å². The van der Waals surface area contributed by atoms with Crippen molar-refractivity contribution in [3.05, 3.63) is 89.1 Å². The van der Waals surface area contributed by atoms with E-state index in [2.05, 4.69) is 20.8 Å². The molecule has 0 atom stereocenters. The molecular weight excluding hydrogens is 362 g/mol. The molecule has 0 fully saturated rings. The van der Waals surface area contributed by atoms with Crippen molar-refractivity contribution in [2.45, 2.75) is 12.8 Å². The second-order valence-corrected chi connectivity index (χ2v) is 6.17. The average Bonchev–Trinajstić information content (AvgIpc) is 2.71. The first-order valence-electron chi connectivity index (χ1n) is 8.96. The van der Waals surface area contributed by atoms with Crippen LogP contribution < -0.4 is 10.6 Å². The molecule has 0 radical (unpaired) electrons. The van der Waals surface area contributed by atoms with E-state index in [-0.39, 0.29) is 23.2 Å². The fraction of sp³-hybridized carbons (Fsp3) is 0.190. The minimum absolute atomic E-state index is 0.174. The van der Waals surface area contributed by atoms with Gasteiger partial charge in [0.1, 0.15) is 17.5 Å². The lowest BCUT2D eigenvalue weighted by atomic mass is 10.1. The highest BCUT2D eigenvalue weighted by Crippen LogP contribution is 2.09. The zero-order valence-electron chi connectivity index (χ0n) is 15.2. The molecule has 7 heteroatoms. The Morgan fingerprint density at radius 1 is 0.786 bits per heavy atom. The van der Waals surface area contributed by atoms with E-state index in [9.17, 15) is 13.6 Å². The number of carbonyl (C=O) groups is 1. The number of aromatic nitrogens is 2. The largest absolute Gasteiger partial charge is 0.368 e. The van der Waals surface area contributed by atoms with E-state index in [0.29, 0.717) is 42.9 Å². The molecule has 0 aliphatic carbocycles. The summed E-state index contributed by atoms with van der Waals surface area (Å²) in [5.41, 5.74) is 1.34. The lowest BCUT2D eigenvalue weighted by molar-refractivity contribution is 0.0948. The lowest BCUT2D eigenvalue weighted by Crippen LogP contribution is -2.27. The number of benzene rings is 2. The molecule has 0 aliphatic rings. The van der Waals surface area contributed by atoms with Gasteiger partial charge in [0.15, 0.2) is 5.69 Å². The van der Waals surface area contributed by atoms with Gasteiger partial charge in [-0.1, -0.05) is 36.4 Å². The summed E-state index contributed by atoms with van der Waals surface area (Å²) >= 11 is 0. The van der Waals surface area contributed by atoms with Crippen molar-refractivity contribution in [2.24, 2.45) is 0 Å². The quantitative estimate of drug-likeness (QED) is 0.627. The van der Waals surface area contributed by atoms with Crippen LogP contribution in [0.25, 0.3) is 0 Å². The first-order chi connectivity index (χ1) is 13.6. The van der Waals surface area contributed by atoms with Gasteiger partial charge < -0.3 is 10.6 Å². The highest BCUT2D eigenvalue weighted by atomic mass is 19.1. The summed E-state index contributed by atoms with van der Waals surface area (Å²) in [6, 6.07) is 16.2. The minimum Gasteiger partial charge on any atom is -0.368 e. The van der Waals surface area contributed by atoms with Crippen LogP contribution in [0.2, 0.25) is 0 Å². The summed E-state index contributed by atoms with van der Waals surface area (Å²) in [7, 11) is 0. The van der Waals surface area contributed by atoms with Crippen LogP contribution >= 0.6 is 0 Å². The van der Waals surface area contributed by atoms with Crippen molar-refractivity contribution < 1.29 is 13.6 Å². The third-order valence-electron chi connectivity index (χ3n) is 4.19. The van der Waals surface area contributed by atoms with E-state index in [1.54, 1.807) is 48.5 Å².